The van der Waals surface area contributed by atoms with E-state index in [1.807, 2.05) is 0 Å². The number of hydrogen-bond donors (Lipinski definition) is 3. The van der Waals surface area contributed by atoms with Crippen molar-refractivity contribution >= 4 is 17.7 Å². The van der Waals surface area contributed by atoms with Gasteiger partial charge in [-0.2, -0.15) is 0 Å². The zero-order chi connectivity index (χ0) is 14.4. The molecule has 0 saturated carbocycles. The molecular formula is C14H16N2O3. The van der Waals surface area contributed by atoms with E-state index in [9.17, 15) is 9.59 Å². The van der Waals surface area contributed by atoms with Crippen LogP contribution >= 0.6 is 0 Å². The van der Waals surface area contributed by atoms with Crippen LogP contribution < -0.4 is 10.6 Å². The summed E-state index contributed by atoms with van der Waals surface area (Å²) in [5.41, 5.74) is 1.12. The second kappa shape index (κ2) is 6.45. The predicted octanol–water partition coefficient (Wildman–Crippen LogP) is 2.23. The van der Waals surface area contributed by atoms with Crippen LogP contribution in [0.1, 0.15) is 29.3 Å². The van der Waals surface area contributed by atoms with Crippen LogP contribution in [0.3, 0.4) is 0 Å². The number of carbonyl (C=O) groups excluding carboxylic acids is 1. The molecule has 1 aromatic carbocycles. The number of terminal acetylenes is 1. The maximum atomic E-state index is 11.7. The molecule has 0 aliphatic rings. The summed E-state index contributed by atoms with van der Waals surface area (Å²) in [6.45, 7) is 3.55. The lowest BCUT2D eigenvalue weighted by Gasteiger charge is -2.13. The summed E-state index contributed by atoms with van der Waals surface area (Å²) >= 11 is 0. The summed E-state index contributed by atoms with van der Waals surface area (Å²) in [6, 6.07) is 4.14. The van der Waals surface area contributed by atoms with Crippen molar-refractivity contribution in [2.75, 3.05) is 5.32 Å². The first-order valence-corrected chi connectivity index (χ1v) is 5.79. The molecule has 0 saturated heterocycles. The minimum Gasteiger partial charge on any atom is -0.478 e. The minimum absolute atomic E-state index is 0.0553. The molecule has 1 aromatic rings. The molecule has 0 heterocycles. The van der Waals surface area contributed by atoms with Gasteiger partial charge in [0.15, 0.2) is 0 Å². The molecule has 19 heavy (non-hydrogen) atoms. The maximum Gasteiger partial charge on any atom is 0.337 e. The summed E-state index contributed by atoms with van der Waals surface area (Å²) in [5, 5.41) is 14.2. The number of hydrogen-bond acceptors (Lipinski definition) is 2. The highest BCUT2D eigenvalue weighted by molar-refractivity contribution is 6.00. The summed E-state index contributed by atoms with van der Waals surface area (Å²) in [7, 11) is 0. The van der Waals surface area contributed by atoms with Crippen LogP contribution in [0.25, 0.3) is 0 Å². The van der Waals surface area contributed by atoms with Crippen molar-refractivity contribution in [3.8, 4) is 12.3 Å². The number of anilines is 1. The second-order valence-electron chi connectivity index (χ2n) is 4.26. The monoisotopic (exact) mass is 260 g/mol. The van der Waals surface area contributed by atoms with Crippen LogP contribution in [0.4, 0.5) is 10.5 Å². The van der Waals surface area contributed by atoms with Crippen molar-refractivity contribution in [2.24, 2.45) is 0 Å². The number of urea groups is 1. The van der Waals surface area contributed by atoms with E-state index in [0.717, 1.165) is 5.56 Å². The molecule has 0 radical (unpaired) electrons. The Morgan fingerprint density at radius 2 is 2.16 bits per heavy atom. The molecule has 1 unspecified atom stereocenters. The highest BCUT2D eigenvalue weighted by Gasteiger charge is 2.13. The van der Waals surface area contributed by atoms with E-state index >= 15 is 0 Å². The smallest absolute Gasteiger partial charge is 0.337 e. The van der Waals surface area contributed by atoms with Gasteiger partial charge in [0.05, 0.1) is 11.3 Å². The fourth-order valence-electron chi connectivity index (χ4n) is 1.55. The van der Waals surface area contributed by atoms with Gasteiger partial charge in [0.25, 0.3) is 0 Å². The van der Waals surface area contributed by atoms with E-state index in [1.165, 1.54) is 6.07 Å². The SMILES string of the molecule is C#CCC(C)NC(=O)Nc1ccc(C)cc1C(=O)O. The Kier molecular flexibility index (Phi) is 4.95. The molecule has 0 aromatic heterocycles. The molecule has 100 valence electrons. The third kappa shape index (κ3) is 4.36. The largest absolute Gasteiger partial charge is 0.478 e. The van der Waals surface area contributed by atoms with Crippen molar-refractivity contribution in [2.45, 2.75) is 26.3 Å². The van der Waals surface area contributed by atoms with E-state index in [-0.39, 0.29) is 17.3 Å². The number of carbonyl (C=O) groups is 2. The highest BCUT2D eigenvalue weighted by atomic mass is 16.4. The van der Waals surface area contributed by atoms with Gasteiger partial charge in [0.1, 0.15) is 0 Å². The van der Waals surface area contributed by atoms with E-state index in [2.05, 4.69) is 16.6 Å². The molecular weight excluding hydrogens is 244 g/mol. The fourth-order valence-corrected chi connectivity index (χ4v) is 1.55. The number of aryl methyl sites for hydroxylation is 1. The molecule has 2 amide bonds. The number of carboxylic acids is 1. The number of amides is 2. The number of aromatic carboxylic acids is 1. The molecule has 0 fully saturated rings. The van der Waals surface area contributed by atoms with E-state index in [0.29, 0.717) is 6.42 Å². The Morgan fingerprint density at radius 1 is 1.47 bits per heavy atom. The second-order valence-corrected chi connectivity index (χ2v) is 4.26. The van der Waals surface area contributed by atoms with Crippen LogP contribution in [0, 0.1) is 19.3 Å². The van der Waals surface area contributed by atoms with Crippen molar-refractivity contribution in [1.82, 2.24) is 5.32 Å². The van der Waals surface area contributed by atoms with Gasteiger partial charge in [0, 0.05) is 12.5 Å². The normalized spacial score (nSPS) is 11.2. The highest BCUT2D eigenvalue weighted by Crippen LogP contribution is 2.17. The first-order chi connectivity index (χ1) is 8.93. The zero-order valence-electron chi connectivity index (χ0n) is 10.9. The molecule has 3 N–H and O–H groups in total. The lowest BCUT2D eigenvalue weighted by atomic mass is 10.1. The van der Waals surface area contributed by atoms with Crippen molar-refractivity contribution in [1.29, 1.82) is 0 Å². The zero-order valence-corrected chi connectivity index (χ0v) is 10.9. The average molecular weight is 260 g/mol. The lowest BCUT2D eigenvalue weighted by molar-refractivity contribution is 0.0698. The molecule has 0 spiro atoms. The summed E-state index contributed by atoms with van der Waals surface area (Å²) < 4.78 is 0. The van der Waals surface area contributed by atoms with Gasteiger partial charge >= 0.3 is 12.0 Å². The van der Waals surface area contributed by atoms with Gasteiger partial charge in [-0.15, -0.1) is 12.3 Å². The van der Waals surface area contributed by atoms with Crippen LogP contribution in [-0.2, 0) is 0 Å². The summed E-state index contributed by atoms with van der Waals surface area (Å²) in [4.78, 5) is 22.8. The topological polar surface area (TPSA) is 78.4 Å². The van der Waals surface area contributed by atoms with Gasteiger partial charge < -0.3 is 15.7 Å². The Hall–Kier alpha value is -2.48. The first kappa shape index (κ1) is 14.6. The quantitative estimate of drug-likeness (QED) is 0.726. The lowest BCUT2D eigenvalue weighted by Crippen LogP contribution is -2.36. The molecule has 1 atom stereocenters. The number of rotatable bonds is 4. The van der Waals surface area contributed by atoms with Crippen LogP contribution in [-0.4, -0.2) is 23.1 Å². The molecule has 5 heteroatoms. The standard InChI is InChI=1S/C14H16N2O3/c1-4-5-10(3)15-14(19)16-12-7-6-9(2)8-11(12)13(17)18/h1,6-8,10H,5H2,2-3H3,(H,17,18)(H2,15,16,19). The van der Waals surface area contributed by atoms with Gasteiger partial charge in [-0.3, -0.25) is 0 Å². The first-order valence-electron chi connectivity index (χ1n) is 5.79. The van der Waals surface area contributed by atoms with Gasteiger partial charge in [-0.05, 0) is 26.0 Å². The number of benzene rings is 1. The molecule has 1 rings (SSSR count). The molecule has 5 nitrogen and oxygen atoms in total. The minimum atomic E-state index is -1.09. The number of carboxylic acid groups (broad SMARTS) is 1. The summed E-state index contributed by atoms with van der Waals surface area (Å²) in [6.07, 6.45) is 5.55. The Morgan fingerprint density at radius 3 is 2.74 bits per heavy atom. The van der Waals surface area contributed by atoms with E-state index in [1.54, 1.807) is 26.0 Å². The van der Waals surface area contributed by atoms with E-state index in [4.69, 9.17) is 11.5 Å². The van der Waals surface area contributed by atoms with Crippen molar-refractivity contribution < 1.29 is 14.7 Å². The maximum absolute atomic E-state index is 11.7. The summed E-state index contributed by atoms with van der Waals surface area (Å²) in [5.74, 6) is 1.35. The van der Waals surface area contributed by atoms with Gasteiger partial charge in [0.2, 0.25) is 0 Å². The predicted molar refractivity (Wildman–Crippen MR) is 73.2 cm³/mol. The van der Waals surface area contributed by atoms with Crippen LogP contribution in [0.15, 0.2) is 18.2 Å². The van der Waals surface area contributed by atoms with Gasteiger partial charge in [-0.1, -0.05) is 11.6 Å². The Labute approximate surface area is 112 Å². The third-order valence-electron chi connectivity index (χ3n) is 2.46. The Bertz CT molecular complexity index is 532. The van der Waals surface area contributed by atoms with Gasteiger partial charge in [-0.25, -0.2) is 9.59 Å². The molecule has 0 aliphatic carbocycles. The Balaban J connectivity index is 2.80. The van der Waals surface area contributed by atoms with Crippen molar-refractivity contribution in [3.05, 3.63) is 29.3 Å². The molecule has 0 aliphatic heterocycles. The van der Waals surface area contributed by atoms with Crippen molar-refractivity contribution in [3.63, 3.8) is 0 Å². The fraction of sp³-hybridized carbons (Fsp3) is 0.286. The average Bonchev–Trinajstić information content (AvgIpc) is 2.31. The van der Waals surface area contributed by atoms with Crippen LogP contribution in [0.2, 0.25) is 0 Å². The third-order valence-corrected chi connectivity index (χ3v) is 2.46. The number of nitrogens with one attached hydrogen (secondary N) is 2. The molecule has 0 bridgehead atoms. The van der Waals surface area contributed by atoms with Crippen LogP contribution in [0.5, 0.6) is 0 Å². The van der Waals surface area contributed by atoms with E-state index < -0.39 is 12.0 Å².